The summed E-state index contributed by atoms with van der Waals surface area (Å²) < 4.78 is 17.1. The minimum atomic E-state index is -0.182. The second kappa shape index (κ2) is 10.1. The Kier molecular flexibility index (Phi) is 6.83. The number of benzene rings is 3. The largest absolute Gasteiger partial charge is 0.494 e. The molecule has 0 aromatic heterocycles. The highest BCUT2D eigenvalue weighted by Gasteiger charge is 2.30. The van der Waals surface area contributed by atoms with E-state index in [1.165, 1.54) is 0 Å². The van der Waals surface area contributed by atoms with Gasteiger partial charge in [0.15, 0.2) is 11.5 Å². The van der Waals surface area contributed by atoms with Crippen molar-refractivity contribution in [1.82, 2.24) is 0 Å². The zero-order chi connectivity index (χ0) is 23.2. The lowest BCUT2D eigenvalue weighted by atomic mass is 9.99. The van der Waals surface area contributed by atoms with Crippen molar-refractivity contribution < 1.29 is 19.0 Å². The van der Waals surface area contributed by atoms with Crippen LogP contribution in [0.2, 0.25) is 0 Å². The van der Waals surface area contributed by atoms with Gasteiger partial charge in [-0.05, 0) is 56.7 Å². The van der Waals surface area contributed by atoms with E-state index in [2.05, 4.69) is 10.6 Å². The Morgan fingerprint density at radius 3 is 2.09 bits per heavy atom. The Balaban J connectivity index is 1.84. The van der Waals surface area contributed by atoms with Crippen LogP contribution in [-0.4, -0.2) is 25.7 Å². The van der Waals surface area contributed by atoms with Gasteiger partial charge in [-0.2, -0.15) is 0 Å². The maximum Gasteiger partial charge on any atom is 0.258 e. The lowest BCUT2D eigenvalue weighted by Crippen LogP contribution is -2.10. The van der Waals surface area contributed by atoms with Crippen molar-refractivity contribution in [1.29, 1.82) is 0 Å². The molecule has 0 saturated carbocycles. The van der Waals surface area contributed by atoms with Crippen LogP contribution in [0.4, 0.5) is 11.4 Å². The number of hydrogen-bond acceptors (Lipinski definition) is 5. The molecule has 3 aromatic carbocycles. The summed E-state index contributed by atoms with van der Waals surface area (Å²) in [4.78, 5) is 13.2. The van der Waals surface area contributed by atoms with Gasteiger partial charge in [-0.3, -0.25) is 4.79 Å². The molecule has 3 aromatic rings. The fourth-order valence-electron chi connectivity index (χ4n) is 3.79. The number of nitrogens with one attached hydrogen (secondary N) is 2. The Labute approximate surface area is 194 Å². The first-order valence-electron chi connectivity index (χ1n) is 11.2. The number of amides is 1. The van der Waals surface area contributed by atoms with Crippen LogP contribution >= 0.6 is 0 Å². The molecular formula is C27H28N2O4. The first-order valence-corrected chi connectivity index (χ1v) is 11.2. The lowest BCUT2D eigenvalue weighted by Gasteiger charge is -2.16. The number of ether oxygens (including phenoxy) is 3. The second-order valence-electron chi connectivity index (χ2n) is 7.36. The highest BCUT2D eigenvalue weighted by Crippen LogP contribution is 2.43. The molecule has 0 bridgehead atoms. The first-order chi connectivity index (χ1) is 16.1. The van der Waals surface area contributed by atoms with Crippen LogP contribution in [0.3, 0.4) is 0 Å². The van der Waals surface area contributed by atoms with Crippen molar-refractivity contribution in [2.75, 3.05) is 30.5 Å². The summed E-state index contributed by atoms with van der Waals surface area (Å²) in [6.07, 6.45) is 0. The van der Waals surface area contributed by atoms with E-state index in [-0.39, 0.29) is 5.91 Å². The fraction of sp³-hybridized carbons (Fsp3) is 0.222. The van der Waals surface area contributed by atoms with E-state index in [9.17, 15) is 4.79 Å². The molecular weight excluding hydrogens is 416 g/mol. The normalized spacial score (nSPS) is 13.7. The van der Waals surface area contributed by atoms with Gasteiger partial charge in [-0.25, -0.2) is 0 Å². The summed E-state index contributed by atoms with van der Waals surface area (Å²) >= 11 is 0. The average Bonchev–Trinajstić information content (AvgIpc) is 3.14. The summed E-state index contributed by atoms with van der Waals surface area (Å²) in [7, 11) is 0. The molecule has 1 aliphatic rings. The van der Waals surface area contributed by atoms with Crippen LogP contribution in [0.25, 0.3) is 11.3 Å². The van der Waals surface area contributed by atoms with Crippen LogP contribution in [0, 0.1) is 0 Å². The van der Waals surface area contributed by atoms with E-state index in [4.69, 9.17) is 14.2 Å². The number of anilines is 2. The third-order valence-electron chi connectivity index (χ3n) is 5.18. The van der Waals surface area contributed by atoms with E-state index >= 15 is 0 Å². The van der Waals surface area contributed by atoms with E-state index in [1.807, 2.05) is 87.5 Å². The molecule has 6 nitrogen and oxygen atoms in total. The number of fused-ring (bicyclic) bond motifs is 1. The molecule has 1 amide bonds. The Bertz CT molecular complexity index is 1150. The molecule has 0 aliphatic carbocycles. The minimum Gasteiger partial charge on any atom is -0.494 e. The molecule has 0 atom stereocenters. The Morgan fingerprint density at radius 2 is 1.45 bits per heavy atom. The molecule has 0 unspecified atom stereocenters. The van der Waals surface area contributed by atoms with Gasteiger partial charge >= 0.3 is 0 Å². The van der Waals surface area contributed by atoms with E-state index in [1.54, 1.807) is 0 Å². The van der Waals surface area contributed by atoms with Crippen molar-refractivity contribution in [3.63, 3.8) is 0 Å². The van der Waals surface area contributed by atoms with Crippen molar-refractivity contribution in [2.24, 2.45) is 0 Å². The second-order valence-corrected chi connectivity index (χ2v) is 7.36. The van der Waals surface area contributed by atoms with Crippen LogP contribution in [0.5, 0.6) is 17.2 Å². The smallest absolute Gasteiger partial charge is 0.258 e. The van der Waals surface area contributed by atoms with Gasteiger partial charge in [-0.1, -0.05) is 30.3 Å². The molecule has 0 fully saturated rings. The average molecular weight is 445 g/mol. The SMILES string of the molecule is CCOc1ccc(N/C(=C2\C(=O)Nc3cc(OCC)c(OCC)cc32)c2ccccc2)cc1. The molecule has 0 spiro atoms. The van der Waals surface area contributed by atoms with Gasteiger partial charge in [0, 0.05) is 17.3 Å². The number of hydrogen-bond donors (Lipinski definition) is 2. The van der Waals surface area contributed by atoms with Crippen molar-refractivity contribution in [3.8, 4) is 17.2 Å². The summed E-state index contributed by atoms with van der Waals surface area (Å²) in [5, 5.41) is 6.45. The van der Waals surface area contributed by atoms with Crippen LogP contribution in [0.1, 0.15) is 31.9 Å². The lowest BCUT2D eigenvalue weighted by molar-refractivity contribution is -0.110. The monoisotopic (exact) mass is 444 g/mol. The minimum absolute atomic E-state index is 0.182. The summed E-state index contributed by atoms with van der Waals surface area (Å²) in [6, 6.07) is 21.2. The third-order valence-corrected chi connectivity index (χ3v) is 5.18. The molecule has 170 valence electrons. The molecule has 1 aliphatic heterocycles. The molecule has 1 heterocycles. The zero-order valence-electron chi connectivity index (χ0n) is 19.1. The molecule has 2 N–H and O–H groups in total. The molecule has 6 heteroatoms. The van der Waals surface area contributed by atoms with Crippen molar-refractivity contribution in [3.05, 3.63) is 77.9 Å². The van der Waals surface area contributed by atoms with Crippen molar-refractivity contribution >= 4 is 28.6 Å². The van der Waals surface area contributed by atoms with Gasteiger partial charge in [0.25, 0.3) is 5.91 Å². The quantitative estimate of drug-likeness (QED) is 0.407. The molecule has 0 radical (unpaired) electrons. The first kappa shape index (κ1) is 22.3. The fourth-order valence-corrected chi connectivity index (χ4v) is 3.79. The third kappa shape index (κ3) is 4.80. The van der Waals surface area contributed by atoms with E-state index in [0.717, 1.165) is 22.6 Å². The maximum absolute atomic E-state index is 13.2. The van der Waals surface area contributed by atoms with Crippen LogP contribution in [0.15, 0.2) is 66.7 Å². The summed E-state index contributed by atoms with van der Waals surface area (Å²) in [5.41, 5.74) is 4.47. The number of carbonyl (C=O) groups is 1. The predicted molar refractivity (Wildman–Crippen MR) is 132 cm³/mol. The van der Waals surface area contributed by atoms with Crippen molar-refractivity contribution in [2.45, 2.75) is 20.8 Å². The highest BCUT2D eigenvalue weighted by molar-refractivity contribution is 6.37. The number of carbonyl (C=O) groups excluding carboxylic acids is 1. The van der Waals surface area contributed by atoms with E-state index in [0.29, 0.717) is 48.3 Å². The van der Waals surface area contributed by atoms with Gasteiger partial charge in [0.2, 0.25) is 0 Å². The van der Waals surface area contributed by atoms with Crippen LogP contribution in [-0.2, 0) is 4.79 Å². The highest BCUT2D eigenvalue weighted by atomic mass is 16.5. The Morgan fingerprint density at radius 1 is 0.818 bits per heavy atom. The van der Waals surface area contributed by atoms with Gasteiger partial charge in [0.05, 0.1) is 36.8 Å². The standard InChI is InChI=1S/C27H28N2O4/c1-4-31-20-14-12-19(13-15-20)28-26(18-10-8-7-9-11-18)25-21-16-23(32-5-2)24(33-6-3)17-22(21)29-27(25)30/h7-17,28H,4-6H2,1-3H3,(H,29,30)/b26-25-. The summed E-state index contributed by atoms with van der Waals surface area (Å²) in [5.74, 6) is 1.84. The molecule has 4 rings (SSSR count). The molecule has 0 saturated heterocycles. The number of rotatable bonds is 9. The zero-order valence-corrected chi connectivity index (χ0v) is 19.1. The van der Waals surface area contributed by atoms with Gasteiger partial charge in [0.1, 0.15) is 5.75 Å². The van der Waals surface area contributed by atoms with E-state index < -0.39 is 0 Å². The Hall–Kier alpha value is -3.93. The molecule has 33 heavy (non-hydrogen) atoms. The van der Waals surface area contributed by atoms with Gasteiger partial charge in [-0.15, -0.1) is 0 Å². The topological polar surface area (TPSA) is 68.8 Å². The maximum atomic E-state index is 13.2. The predicted octanol–water partition coefficient (Wildman–Crippen LogP) is 5.82. The van der Waals surface area contributed by atoms with Gasteiger partial charge < -0.3 is 24.8 Å². The van der Waals surface area contributed by atoms with Crippen LogP contribution < -0.4 is 24.8 Å². The summed E-state index contributed by atoms with van der Waals surface area (Å²) in [6.45, 7) is 7.40.